The second-order valence-corrected chi connectivity index (χ2v) is 17.4. The van der Waals surface area contributed by atoms with Gasteiger partial charge in [0.05, 0.1) is 41.0 Å². The summed E-state index contributed by atoms with van der Waals surface area (Å²) < 4.78 is 138. The topological polar surface area (TPSA) is 153 Å². The number of nitrogens with zero attached hydrogens (tertiary/aromatic N) is 5. The first-order chi connectivity index (χ1) is 27.9. The van der Waals surface area contributed by atoms with Gasteiger partial charge in [-0.3, -0.25) is 18.9 Å². The highest BCUT2D eigenvalue weighted by Crippen LogP contribution is 2.64. The number of benzene rings is 2. The summed E-state index contributed by atoms with van der Waals surface area (Å²) in [7, 11) is -1.11. The molecule has 2 aliphatic carbocycles. The first-order valence-electron chi connectivity index (χ1n) is 18.1. The number of alkyl halides is 5. The van der Waals surface area contributed by atoms with Crippen LogP contribution in [0, 0.1) is 29.4 Å². The molecule has 1 saturated carbocycles. The van der Waals surface area contributed by atoms with Gasteiger partial charge in [-0.2, -0.15) is 32.1 Å². The first kappa shape index (κ1) is 42.7. The zero-order valence-electron chi connectivity index (χ0n) is 32.3. The number of pyridine rings is 1. The molecule has 7 rings (SSSR count). The van der Waals surface area contributed by atoms with E-state index in [1.54, 1.807) is 0 Å². The molecule has 1 fully saturated rings. The molecule has 2 aromatic carbocycles. The standard InChI is InChI=1S/C39H35ClF7N7O5S/c1-37(2,56)11-10-26-28(59-4)16-23(21-7-9-25(40)31-33(21)53(3)51-36(31)52-60(5,57)58)32(49-26)27(14-18-12-19(41)15-20(42)13-18)48-29(55)17-54-35-30(34(50-54)39(45,46)47)22-6-8-24(22)38(35,43)44/h7,9,12-13,15-16,22,24,27,56H,6,8,14,17H2,1-5H3,(H,48,55)(H,51,52). The molecule has 60 heavy (non-hydrogen) atoms. The molecule has 0 radical (unpaired) electrons. The average molecular weight is 882 g/mol. The van der Waals surface area contributed by atoms with Crippen molar-refractivity contribution in [1.82, 2.24) is 29.9 Å². The van der Waals surface area contributed by atoms with Crippen molar-refractivity contribution in [2.45, 2.75) is 69.3 Å². The van der Waals surface area contributed by atoms with E-state index >= 15 is 8.78 Å². The maximum atomic E-state index is 15.7. The number of nitrogens with one attached hydrogen (secondary N) is 2. The van der Waals surface area contributed by atoms with Crippen LogP contribution >= 0.6 is 11.6 Å². The highest BCUT2D eigenvalue weighted by Gasteiger charge is 2.63. The number of aliphatic hydroxyl groups is 1. The minimum Gasteiger partial charge on any atom is -0.494 e. The van der Waals surface area contributed by atoms with Gasteiger partial charge < -0.3 is 15.2 Å². The lowest BCUT2D eigenvalue weighted by Gasteiger charge is -2.34. The Labute approximate surface area is 343 Å². The van der Waals surface area contributed by atoms with E-state index in [0.29, 0.717) is 10.7 Å². The molecule has 3 N–H and O–H groups in total. The Morgan fingerprint density at radius 1 is 1.10 bits per heavy atom. The Morgan fingerprint density at radius 2 is 1.78 bits per heavy atom. The largest absolute Gasteiger partial charge is 0.494 e. The fraction of sp³-hybridized carbons (Fsp3) is 0.385. The van der Waals surface area contributed by atoms with Gasteiger partial charge in [0.15, 0.2) is 23.0 Å². The highest BCUT2D eigenvalue weighted by molar-refractivity contribution is 7.92. The quantitative estimate of drug-likeness (QED) is 0.100. The van der Waals surface area contributed by atoms with E-state index in [9.17, 15) is 40.3 Å². The molecule has 3 unspecified atom stereocenters. The molecule has 21 heteroatoms. The molecular formula is C39H35ClF7N7O5S. The SMILES string of the molecule is COc1cc(-c2ccc(Cl)c3c(NS(C)(=O)=O)nn(C)c23)c(C(Cc2cc(F)cc(F)c2)NC(=O)Cn2nc(C(F)(F)F)c3c2C(F)(F)C2CCC32)nc1C#CC(C)(C)O. The van der Waals surface area contributed by atoms with Crippen LogP contribution in [0.1, 0.15) is 72.6 Å². The zero-order chi connectivity index (χ0) is 43.9. The van der Waals surface area contributed by atoms with Crippen LogP contribution in [-0.4, -0.2) is 62.9 Å². The molecule has 0 aliphatic heterocycles. The van der Waals surface area contributed by atoms with Gasteiger partial charge in [-0.05, 0) is 74.8 Å². The van der Waals surface area contributed by atoms with E-state index in [-0.39, 0.29) is 68.4 Å². The molecule has 2 aliphatic rings. The van der Waals surface area contributed by atoms with Crippen LogP contribution in [-0.2, 0) is 46.9 Å². The van der Waals surface area contributed by atoms with Crippen LogP contribution in [0.25, 0.3) is 22.0 Å². The lowest BCUT2D eigenvalue weighted by atomic mass is 9.73. The highest BCUT2D eigenvalue weighted by atomic mass is 35.5. The number of carbonyl (C=O) groups excluding carboxylic acids is 1. The molecule has 3 aromatic heterocycles. The van der Waals surface area contributed by atoms with E-state index in [4.69, 9.17) is 21.3 Å². The average Bonchev–Trinajstić information content (AvgIpc) is 3.67. The maximum absolute atomic E-state index is 15.7. The zero-order valence-corrected chi connectivity index (χ0v) is 33.8. The van der Waals surface area contributed by atoms with E-state index in [0.717, 1.165) is 18.4 Å². The van der Waals surface area contributed by atoms with Crippen LogP contribution in [0.5, 0.6) is 5.75 Å². The molecule has 0 saturated heterocycles. The summed E-state index contributed by atoms with van der Waals surface area (Å²) in [6, 6.07) is 5.46. The molecule has 318 valence electrons. The number of carbonyl (C=O) groups is 1. The summed E-state index contributed by atoms with van der Waals surface area (Å²) in [5, 5.41) is 21.0. The van der Waals surface area contributed by atoms with Crippen molar-refractivity contribution in [3.63, 3.8) is 0 Å². The molecule has 0 bridgehead atoms. The fourth-order valence-electron chi connectivity index (χ4n) is 7.80. The second-order valence-electron chi connectivity index (χ2n) is 15.2. The normalized spacial score (nSPS) is 17.6. The number of aromatic nitrogens is 5. The maximum Gasteiger partial charge on any atom is 0.435 e. The third-order valence-electron chi connectivity index (χ3n) is 10.2. The van der Waals surface area contributed by atoms with E-state index in [2.05, 4.69) is 32.1 Å². The molecule has 3 atom stereocenters. The molecule has 1 amide bonds. The van der Waals surface area contributed by atoms with E-state index in [1.165, 1.54) is 50.9 Å². The van der Waals surface area contributed by atoms with Crippen molar-refractivity contribution in [2.24, 2.45) is 13.0 Å². The monoisotopic (exact) mass is 881 g/mol. The number of hydrogen-bond acceptors (Lipinski definition) is 8. The van der Waals surface area contributed by atoms with Gasteiger partial charge in [0, 0.05) is 35.7 Å². The van der Waals surface area contributed by atoms with Crippen molar-refractivity contribution >= 4 is 44.3 Å². The van der Waals surface area contributed by atoms with Gasteiger partial charge in [0.1, 0.15) is 29.5 Å². The van der Waals surface area contributed by atoms with Crippen molar-refractivity contribution in [3.8, 4) is 28.7 Å². The summed E-state index contributed by atoms with van der Waals surface area (Å²) in [6.07, 6.45) is -4.58. The number of ether oxygens (including phenoxy) is 1. The first-order valence-corrected chi connectivity index (χ1v) is 20.4. The van der Waals surface area contributed by atoms with Gasteiger partial charge in [0.2, 0.25) is 15.9 Å². The van der Waals surface area contributed by atoms with Crippen LogP contribution in [0.3, 0.4) is 0 Å². The Kier molecular flexibility index (Phi) is 10.6. The van der Waals surface area contributed by atoms with Crippen LogP contribution in [0.15, 0.2) is 36.4 Å². The van der Waals surface area contributed by atoms with Crippen molar-refractivity contribution in [1.29, 1.82) is 0 Å². The van der Waals surface area contributed by atoms with Crippen molar-refractivity contribution in [3.05, 3.63) is 87.0 Å². The lowest BCUT2D eigenvalue weighted by Crippen LogP contribution is -2.36. The minimum absolute atomic E-state index is 0.0207. The predicted octanol–water partition coefficient (Wildman–Crippen LogP) is 6.98. The summed E-state index contributed by atoms with van der Waals surface area (Å²) in [6.45, 7) is 1.67. The van der Waals surface area contributed by atoms with Gasteiger partial charge in [-0.25, -0.2) is 22.2 Å². The summed E-state index contributed by atoms with van der Waals surface area (Å²) >= 11 is 6.60. The smallest absolute Gasteiger partial charge is 0.435 e. The van der Waals surface area contributed by atoms with Crippen LogP contribution in [0.4, 0.5) is 36.6 Å². The van der Waals surface area contributed by atoms with Gasteiger partial charge in [-0.1, -0.05) is 23.6 Å². The summed E-state index contributed by atoms with van der Waals surface area (Å²) in [4.78, 5) is 18.8. The van der Waals surface area contributed by atoms with Crippen molar-refractivity contribution in [2.75, 3.05) is 18.1 Å². The van der Waals surface area contributed by atoms with Crippen LogP contribution < -0.4 is 14.8 Å². The summed E-state index contributed by atoms with van der Waals surface area (Å²) in [5.41, 5.74) is -4.36. The number of anilines is 1. The number of rotatable bonds is 10. The Bertz CT molecular complexity index is 2730. The van der Waals surface area contributed by atoms with E-state index < -0.39 is 93.1 Å². The molecule has 0 spiro atoms. The Morgan fingerprint density at radius 3 is 2.37 bits per heavy atom. The summed E-state index contributed by atoms with van der Waals surface area (Å²) in [5.74, 6) is -4.09. The Hall–Kier alpha value is -5.39. The number of aryl methyl sites for hydroxylation is 1. The van der Waals surface area contributed by atoms with Gasteiger partial charge in [-0.15, -0.1) is 0 Å². The molecule has 12 nitrogen and oxygen atoms in total. The fourth-order valence-corrected chi connectivity index (χ4v) is 8.54. The Balaban J connectivity index is 1.43. The second kappa shape index (κ2) is 15.0. The molecule has 3 heterocycles. The number of fused-ring (bicyclic) bond motifs is 4. The number of sulfonamides is 1. The van der Waals surface area contributed by atoms with Crippen molar-refractivity contribution < 1.29 is 53.8 Å². The number of methoxy groups -OCH3 is 1. The lowest BCUT2D eigenvalue weighted by molar-refractivity contribution is -0.144. The third-order valence-corrected chi connectivity index (χ3v) is 11.1. The molecular weight excluding hydrogens is 847 g/mol. The number of hydrogen-bond donors (Lipinski definition) is 3. The molecule has 5 aromatic rings. The van der Waals surface area contributed by atoms with E-state index in [1.807, 2.05) is 0 Å². The van der Waals surface area contributed by atoms with Crippen LogP contribution in [0.2, 0.25) is 5.02 Å². The number of halogens is 8. The number of amides is 1. The van der Waals surface area contributed by atoms with Gasteiger partial charge in [0.25, 0.3) is 5.92 Å². The third kappa shape index (κ3) is 8.09. The van der Waals surface area contributed by atoms with Gasteiger partial charge >= 0.3 is 6.18 Å². The predicted molar refractivity (Wildman–Crippen MR) is 205 cm³/mol. The minimum atomic E-state index is -5.11.